The molecule has 2 unspecified atom stereocenters. The van der Waals surface area contributed by atoms with Gasteiger partial charge >= 0.3 is 0 Å². The van der Waals surface area contributed by atoms with Gasteiger partial charge in [-0.1, -0.05) is 25.1 Å². The Morgan fingerprint density at radius 1 is 1.29 bits per heavy atom. The van der Waals surface area contributed by atoms with Crippen molar-refractivity contribution in [1.82, 2.24) is 5.32 Å². The molecule has 0 aliphatic carbocycles. The maximum absolute atomic E-state index is 3.49. The molecular weight excluding hydrogens is 172 g/mol. The van der Waals surface area contributed by atoms with E-state index >= 15 is 0 Å². The first kappa shape index (κ1) is 9.53. The van der Waals surface area contributed by atoms with Crippen molar-refractivity contribution in [1.29, 1.82) is 0 Å². The van der Waals surface area contributed by atoms with Crippen LogP contribution in [0, 0.1) is 12.5 Å². The maximum atomic E-state index is 3.49. The van der Waals surface area contributed by atoms with Crippen molar-refractivity contribution in [3.8, 4) is 0 Å². The molecule has 14 heavy (non-hydrogen) atoms. The highest BCUT2D eigenvalue weighted by Gasteiger charge is 2.19. The molecular formula is C12H17N2. The summed E-state index contributed by atoms with van der Waals surface area (Å²) in [5.41, 5.74) is 1.19. The number of rotatable bonds is 2. The molecule has 1 radical (unpaired) electrons. The van der Waals surface area contributed by atoms with E-state index in [1.54, 1.807) is 0 Å². The monoisotopic (exact) mass is 189 g/mol. The van der Waals surface area contributed by atoms with Crippen LogP contribution in [0.25, 0.3) is 0 Å². The highest BCUT2D eigenvalue weighted by atomic mass is 15.1. The van der Waals surface area contributed by atoms with Crippen LogP contribution in [0.1, 0.15) is 19.8 Å². The van der Waals surface area contributed by atoms with Gasteiger partial charge in [-0.25, -0.2) is 0 Å². The van der Waals surface area contributed by atoms with Gasteiger partial charge in [0, 0.05) is 12.2 Å². The minimum atomic E-state index is 0.381. The highest BCUT2D eigenvalue weighted by Crippen LogP contribution is 2.19. The van der Waals surface area contributed by atoms with Gasteiger partial charge in [-0.05, 0) is 30.9 Å². The average Bonchev–Trinajstić information content (AvgIpc) is 2.23. The van der Waals surface area contributed by atoms with E-state index in [2.05, 4.69) is 48.4 Å². The van der Waals surface area contributed by atoms with Crippen LogP contribution in [0.5, 0.6) is 0 Å². The van der Waals surface area contributed by atoms with E-state index in [1.165, 1.54) is 18.5 Å². The Balaban J connectivity index is 1.96. The Hall–Kier alpha value is -1.02. The Bertz CT molecular complexity index is 271. The van der Waals surface area contributed by atoms with Crippen molar-refractivity contribution in [2.24, 2.45) is 5.92 Å². The topological polar surface area (TPSA) is 24.1 Å². The largest absolute Gasteiger partial charge is 0.370 e. The average molecular weight is 189 g/mol. The number of para-hydroxylation sites is 1. The van der Waals surface area contributed by atoms with E-state index in [4.69, 9.17) is 0 Å². The molecule has 75 valence electrons. The summed E-state index contributed by atoms with van der Waals surface area (Å²) in [5.74, 6) is 0.681. The molecule has 0 spiro atoms. The van der Waals surface area contributed by atoms with Gasteiger partial charge in [-0.3, -0.25) is 5.32 Å². The van der Waals surface area contributed by atoms with Gasteiger partial charge in [0.15, 0.2) is 0 Å². The first-order valence-corrected chi connectivity index (χ1v) is 5.25. The lowest BCUT2D eigenvalue weighted by molar-refractivity contribution is 0.358. The fourth-order valence-electron chi connectivity index (χ4n) is 1.79. The molecule has 2 nitrogen and oxygen atoms in total. The number of hydrogen-bond donors (Lipinski definition) is 2. The second kappa shape index (κ2) is 4.47. The van der Waals surface area contributed by atoms with E-state index in [1.807, 2.05) is 6.07 Å². The summed E-state index contributed by atoms with van der Waals surface area (Å²) >= 11 is 0. The Morgan fingerprint density at radius 2 is 2.07 bits per heavy atom. The van der Waals surface area contributed by atoms with Crippen LogP contribution in [-0.2, 0) is 0 Å². The summed E-state index contributed by atoms with van der Waals surface area (Å²) in [5, 5.41) is 6.87. The van der Waals surface area contributed by atoms with Gasteiger partial charge in [0.1, 0.15) is 0 Å². The molecule has 0 aromatic heterocycles. The van der Waals surface area contributed by atoms with E-state index in [0.717, 1.165) is 0 Å². The number of benzene rings is 1. The van der Waals surface area contributed by atoms with Crippen LogP contribution in [0.4, 0.5) is 5.69 Å². The summed E-state index contributed by atoms with van der Waals surface area (Å²) < 4.78 is 0. The molecule has 0 bridgehead atoms. The SMILES string of the molecule is CC1CC[CH]NC1Nc1ccccc1. The predicted octanol–water partition coefficient (Wildman–Crippen LogP) is 2.61. The Kier molecular flexibility index (Phi) is 3.04. The van der Waals surface area contributed by atoms with Crippen LogP contribution in [0.15, 0.2) is 30.3 Å². The third kappa shape index (κ3) is 2.26. The first-order chi connectivity index (χ1) is 6.86. The summed E-state index contributed by atoms with van der Waals surface area (Å²) in [6.07, 6.45) is 2.82. The normalized spacial score (nSPS) is 27.2. The second-order valence-electron chi connectivity index (χ2n) is 3.91. The Morgan fingerprint density at radius 3 is 2.79 bits per heavy atom. The zero-order valence-corrected chi connectivity index (χ0v) is 8.53. The molecule has 2 rings (SSSR count). The number of piperidine rings is 1. The molecule has 1 heterocycles. The third-order valence-corrected chi connectivity index (χ3v) is 2.73. The lowest BCUT2D eigenvalue weighted by Gasteiger charge is -2.31. The molecule has 2 heteroatoms. The van der Waals surface area contributed by atoms with Gasteiger partial charge in [0.25, 0.3) is 0 Å². The summed E-state index contributed by atoms with van der Waals surface area (Å²) in [4.78, 5) is 0. The van der Waals surface area contributed by atoms with E-state index in [0.29, 0.717) is 12.1 Å². The van der Waals surface area contributed by atoms with Gasteiger partial charge in [0.2, 0.25) is 0 Å². The lowest BCUT2D eigenvalue weighted by atomic mass is 9.98. The molecule has 1 fully saturated rings. The minimum absolute atomic E-state index is 0.381. The fraction of sp³-hybridized carbons (Fsp3) is 0.417. The maximum Gasteiger partial charge on any atom is 0.0796 e. The number of hydrogen-bond acceptors (Lipinski definition) is 2. The highest BCUT2D eigenvalue weighted by molar-refractivity contribution is 5.43. The summed E-state index contributed by atoms with van der Waals surface area (Å²) in [6, 6.07) is 10.3. The molecule has 1 aromatic carbocycles. The summed E-state index contributed by atoms with van der Waals surface area (Å²) in [7, 11) is 0. The van der Waals surface area contributed by atoms with E-state index < -0.39 is 0 Å². The standard InChI is InChI=1S/C12H17N2/c1-10-6-5-9-13-12(10)14-11-7-3-2-4-8-11/h2-4,7-10,12-14H,5-6H2,1H3. The van der Waals surface area contributed by atoms with Gasteiger partial charge < -0.3 is 5.32 Å². The summed E-state index contributed by atoms with van der Waals surface area (Å²) in [6.45, 7) is 4.43. The van der Waals surface area contributed by atoms with Crippen LogP contribution in [-0.4, -0.2) is 6.17 Å². The van der Waals surface area contributed by atoms with Crippen molar-refractivity contribution < 1.29 is 0 Å². The van der Waals surface area contributed by atoms with Crippen LogP contribution >= 0.6 is 0 Å². The van der Waals surface area contributed by atoms with Crippen molar-refractivity contribution >= 4 is 5.69 Å². The van der Waals surface area contributed by atoms with Crippen LogP contribution in [0.3, 0.4) is 0 Å². The molecule has 0 saturated carbocycles. The van der Waals surface area contributed by atoms with Gasteiger partial charge in [-0.2, -0.15) is 0 Å². The zero-order valence-electron chi connectivity index (χ0n) is 8.53. The van der Waals surface area contributed by atoms with Crippen molar-refractivity contribution in [3.63, 3.8) is 0 Å². The van der Waals surface area contributed by atoms with Crippen LogP contribution in [0.2, 0.25) is 0 Å². The lowest BCUT2D eigenvalue weighted by Crippen LogP contribution is -2.43. The third-order valence-electron chi connectivity index (χ3n) is 2.73. The van der Waals surface area contributed by atoms with Gasteiger partial charge in [0.05, 0.1) is 6.17 Å². The quantitative estimate of drug-likeness (QED) is 0.747. The molecule has 1 aliphatic rings. The fourth-order valence-corrected chi connectivity index (χ4v) is 1.79. The van der Waals surface area contributed by atoms with Crippen LogP contribution < -0.4 is 10.6 Å². The first-order valence-electron chi connectivity index (χ1n) is 5.25. The van der Waals surface area contributed by atoms with E-state index in [9.17, 15) is 0 Å². The van der Waals surface area contributed by atoms with Crippen molar-refractivity contribution in [2.75, 3.05) is 5.32 Å². The molecule has 1 saturated heterocycles. The minimum Gasteiger partial charge on any atom is -0.370 e. The van der Waals surface area contributed by atoms with Crippen molar-refractivity contribution in [3.05, 3.63) is 36.9 Å². The van der Waals surface area contributed by atoms with E-state index in [-0.39, 0.29) is 0 Å². The van der Waals surface area contributed by atoms with Crippen molar-refractivity contribution in [2.45, 2.75) is 25.9 Å². The predicted molar refractivity (Wildman–Crippen MR) is 59.7 cm³/mol. The molecule has 2 N–H and O–H groups in total. The molecule has 1 aliphatic heterocycles. The molecule has 0 amide bonds. The second-order valence-corrected chi connectivity index (χ2v) is 3.91. The zero-order chi connectivity index (χ0) is 9.80. The smallest absolute Gasteiger partial charge is 0.0796 e. The molecule has 1 aromatic rings. The molecule has 2 atom stereocenters. The number of anilines is 1. The van der Waals surface area contributed by atoms with Gasteiger partial charge in [-0.15, -0.1) is 0 Å². The number of nitrogens with one attached hydrogen (secondary N) is 2. The Labute approximate surface area is 85.7 Å².